The molecule has 322 valence electrons. The van der Waals surface area contributed by atoms with Crippen LogP contribution in [0.5, 0.6) is 0 Å². The van der Waals surface area contributed by atoms with Crippen molar-refractivity contribution in [2.24, 2.45) is 23.7 Å². The SMILES string of the molecule is CCc1ccc(C(=O)O[C@@H]2[C@H](C)CN(C)CCOC(=O)[C@H](C)C(=O)[C@H](C)[C@@H](O[C@@H]3O[C@H](C)C[C@H](N(C)C)[C@H]3OC(=O)c3ccc(CC)cc3)[C@](C)(OC)C[C@H]2C)cc1. The normalized spacial score (nSPS) is 32.2. The highest BCUT2D eigenvalue weighted by atomic mass is 16.7. The minimum Gasteiger partial charge on any atom is -0.464 e. The lowest BCUT2D eigenvalue weighted by Crippen LogP contribution is -2.60. The number of Topliss-reactive ketones (excluding diaryl/α,β-unsaturated/α-hetero) is 1. The van der Waals surface area contributed by atoms with Crippen LogP contribution in [0.2, 0.25) is 0 Å². The number of carbonyl (C=O) groups excluding carboxylic acids is 4. The van der Waals surface area contributed by atoms with E-state index < -0.39 is 65.7 Å². The number of benzene rings is 2. The number of methoxy groups -OCH3 is 1. The van der Waals surface area contributed by atoms with E-state index in [1.807, 2.05) is 89.8 Å². The van der Waals surface area contributed by atoms with Crippen molar-refractivity contribution in [3.63, 3.8) is 0 Å². The molecular weight excluding hydrogens is 741 g/mol. The van der Waals surface area contributed by atoms with Crippen molar-refractivity contribution in [2.45, 2.75) is 123 Å². The third-order valence-corrected chi connectivity index (χ3v) is 12.1. The summed E-state index contributed by atoms with van der Waals surface area (Å²) >= 11 is 0. The van der Waals surface area contributed by atoms with Crippen molar-refractivity contribution in [2.75, 3.05) is 47.9 Å². The van der Waals surface area contributed by atoms with Gasteiger partial charge in [-0.25, -0.2) is 9.59 Å². The molecule has 2 aliphatic rings. The van der Waals surface area contributed by atoms with E-state index in [-0.39, 0.29) is 30.6 Å². The lowest BCUT2D eigenvalue weighted by Gasteiger charge is -2.48. The number of nitrogens with zero attached hydrogens (tertiary/aromatic N) is 2. The van der Waals surface area contributed by atoms with Gasteiger partial charge in [0, 0.05) is 32.0 Å². The summed E-state index contributed by atoms with van der Waals surface area (Å²) in [6.45, 7) is 16.3. The molecule has 2 fully saturated rings. The van der Waals surface area contributed by atoms with Crippen molar-refractivity contribution in [1.29, 1.82) is 0 Å². The number of carbonyl (C=O) groups is 4. The second-order valence-corrected chi connectivity index (χ2v) is 17.0. The van der Waals surface area contributed by atoms with Gasteiger partial charge < -0.3 is 38.2 Å². The Morgan fingerprint density at radius 1 is 0.845 bits per heavy atom. The van der Waals surface area contributed by atoms with Crippen LogP contribution in [-0.2, 0) is 50.9 Å². The van der Waals surface area contributed by atoms with Gasteiger partial charge in [0.15, 0.2) is 18.2 Å². The Labute approximate surface area is 346 Å². The molecule has 0 N–H and O–H groups in total. The fraction of sp³-hybridized carbons (Fsp3) is 0.652. The smallest absolute Gasteiger partial charge is 0.338 e. The van der Waals surface area contributed by atoms with Gasteiger partial charge in [-0.3, -0.25) is 9.59 Å². The zero-order valence-corrected chi connectivity index (χ0v) is 36.8. The highest BCUT2D eigenvalue weighted by Gasteiger charge is 2.51. The summed E-state index contributed by atoms with van der Waals surface area (Å²) in [6, 6.07) is 14.5. The highest BCUT2D eigenvalue weighted by molar-refractivity contribution is 6.00. The molecule has 0 amide bonds. The van der Waals surface area contributed by atoms with Crippen molar-refractivity contribution >= 4 is 23.7 Å². The van der Waals surface area contributed by atoms with Gasteiger partial charge in [-0.15, -0.1) is 0 Å². The van der Waals surface area contributed by atoms with Crippen LogP contribution in [-0.4, -0.2) is 124 Å². The number of likely N-dealkylation sites (N-methyl/N-ethyl adjacent to an activating group) is 2. The lowest BCUT2D eigenvalue weighted by molar-refractivity contribution is -0.295. The van der Waals surface area contributed by atoms with Crippen molar-refractivity contribution in [1.82, 2.24) is 9.80 Å². The maximum Gasteiger partial charge on any atom is 0.338 e. The van der Waals surface area contributed by atoms with Gasteiger partial charge in [-0.1, -0.05) is 58.9 Å². The van der Waals surface area contributed by atoms with Crippen LogP contribution in [0.4, 0.5) is 0 Å². The largest absolute Gasteiger partial charge is 0.464 e. The topological polar surface area (TPSA) is 130 Å². The average molecular weight is 809 g/mol. The standard InChI is InChI=1S/C46H68N2O10/c1-13-33-15-19-35(20-16-33)43(51)56-39-28(3)26-46(8,53-12)41(31(6)38(49)32(7)42(50)54-24-23-48(11)27-29(39)4)58-45-40(37(47(9)10)25-30(5)55-45)57-44(52)36-21-17-34(14-2)18-22-36/h15-22,28-32,37,39-41,45H,13-14,23-27H2,1-12H3/t28-,29-,30-,31+,32-,37+,39+,40-,41-,45+,46-/m1/s1. The molecule has 2 aromatic rings. The Hall–Kier alpha value is -3.68. The Kier molecular flexibility index (Phi) is 17.0. The number of hydrogen-bond acceptors (Lipinski definition) is 12. The first-order valence-corrected chi connectivity index (χ1v) is 20.9. The molecule has 0 aromatic heterocycles. The molecule has 0 bridgehead atoms. The molecule has 58 heavy (non-hydrogen) atoms. The molecule has 2 aromatic carbocycles. The highest BCUT2D eigenvalue weighted by Crippen LogP contribution is 2.39. The minimum atomic E-state index is -1.21. The van der Waals surface area contributed by atoms with Gasteiger partial charge >= 0.3 is 17.9 Å². The quantitative estimate of drug-likeness (QED) is 0.149. The molecule has 12 nitrogen and oxygen atoms in total. The molecule has 0 saturated carbocycles. The predicted molar refractivity (Wildman–Crippen MR) is 221 cm³/mol. The van der Waals surface area contributed by atoms with Crippen LogP contribution in [0.1, 0.15) is 100 Å². The van der Waals surface area contributed by atoms with Gasteiger partial charge in [0.05, 0.1) is 35.0 Å². The zero-order valence-electron chi connectivity index (χ0n) is 36.8. The lowest BCUT2D eigenvalue weighted by atomic mass is 9.76. The Bertz CT molecular complexity index is 1670. The van der Waals surface area contributed by atoms with Gasteiger partial charge in [-0.2, -0.15) is 0 Å². The maximum absolute atomic E-state index is 14.3. The molecule has 11 atom stereocenters. The predicted octanol–water partition coefficient (Wildman–Crippen LogP) is 6.41. The monoisotopic (exact) mass is 808 g/mol. The molecule has 12 heteroatoms. The summed E-state index contributed by atoms with van der Waals surface area (Å²) in [5, 5.41) is 0. The van der Waals surface area contributed by atoms with Crippen molar-refractivity contribution < 1.29 is 47.6 Å². The van der Waals surface area contributed by atoms with Crippen LogP contribution in [0, 0.1) is 23.7 Å². The molecule has 2 saturated heterocycles. The van der Waals surface area contributed by atoms with Gasteiger partial charge in [0.25, 0.3) is 0 Å². The number of aryl methyl sites for hydroxylation is 2. The van der Waals surface area contributed by atoms with E-state index in [4.69, 9.17) is 28.4 Å². The summed E-state index contributed by atoms with van der Waals surface area (Å²) < 4.78 is 38.1. The van der Waals surface area contributed by atoms with Crippen LogP contribution < -0.4 is 0 Å². The van der Waals surface area contributed by atoms with Crippen LogP contribution in [0.25, 0.3) is 0 Å². The van der Waals surface area contributed by atoms with E-state index in [0.29, 0.717) is 37.1 Å². The Balaban J connectivity index is 1.77. The maximum atomic E-state index is 14.3. The number of esters is 3. The first kappa shape index (κ1) is 47.0. The second kappa shape index (κ2) is 21.0. The fourth-order valence-corrected chi connectivity index (χ4v) is 8.48. The summed E-state index contributed by atoms with van der Waals surface area (Å²) in [4.78, 5) is 59.2. The van der Waals surface area contributed by atoms with E-state index in [9.17, 15) is 19.2 Å². The number of rotatable bonds is 10. The van der Waals surface area contributed by atoms with Crippen molar-refractivity contribution in [3.8, 4) is 0 Å². The molecule has 2 aliphatic heterocycles. The first-order valence-electron chi connectivity index (χ1n) is 20.9. The molecule has 0 spiro atoms. The molecular formula is C46H68N2O10. The van der Waals surface area contributed by atoms with Gasteiger partial charge in [-0.05, 0) is 109 Å². The third-order valence-electron chi connectivity index (χ3n) is 12.1. The fourth-order valence-electron chi connectivity index (χ4n) is 8.48. The van der Waals surface area contributed by atoms with Gasteiger partial charge in [0.2, 0.25) is 0 Å². The molecule has 2 heterocycles. The van der Waals surface area contributed by atoms with Gasteiger partial charge in [0.1, 0.15) is 18.6 Å². The van der Waals surface area contributed by atoms with Crippen molar-refractivity contribution in [3.05, 3.63) is 70.8 Å². The van der Waals surface area contributed by atoms with E-state index >= 15 is 0 Å². The van der Waals surface area contributed by atoms with E-state index in [1.165, 1.54) is 0 Å². The van der Waals surface area contributed by atoms with Crippen LogP contribution in [0.3, 0.4) is 0 Å². The molecule has 4 rings (SSSR count). The number of hydrogen-bond donors (Lipinski definition) is 0. The summed E-state index contributed by atoms with van der Waals surface area (Å²) in [7, 11) is 7.31. The summed E-state index contributed by atoms with van der Waals surface area (Å²) in [5.74, 6) is -4.45. The molecule has 0 radical (unpaired) electrons. The Morgan fingerprint density at radius 3 is 1.88 bits per heavy atom. The Morgan fingerprint density at radius 2 is 1.38 bits per heavy atom. The second-order valence-electron chi connectivity index (χ2n) is 17.0. The average Bonchev–Trinajstić information content (AvgIpc) is 3.20. The minimum absolute atomic E-state index is 0.0848. The first-order chi connectivity index (χ1) is 27.4. The van der Waals surface area contributed by atoms with E-state index in [0.717, 1.165) is 24.0 Å². The third kappa shape index (κ3) is 11.7. The van der Waals surface area contributed by atoms with Crippen LogP contribution in [0.15, 0.2) is 48.5 Å². The summed E-state index contributed by atoms with van der Waals surface area (Å²) in [6.07, 6.45) is -1.37. The molecule has 0 unspecified atom stereocenters. The number of ketones is 1. The molecule has 0 aliphatic carbocycles. The number of ether oxygens (including phenoxy) is 6. The number of cyclic esters (lactones) is 1. The van der Waals surface area contributed by atoms with E-state index in [1.54, 1.807) is 45.2 Å². The summed E-state index contributed by atoms with van der Waals surface area (Å²) in [5.41, 5.74) is 1.86. The zero-order chi connectivity index (χ0) is 42.9. The van der Waals surface area contributed by atoms with Crippen LogP contribution >= 0.6 is 0 Å². The van der Waals surface area contributed by atoms with E-state index in [2.05, 4.69) is 6.92 Å².